The van der Waals surface area contributed by atoms with Crippen LogP contribution >= 0.6 is 0 Å². The molecule has 126 valence electrons. The van der Waals surface area contributed by atoms with Crippen molar-refractivity contribution in [1.82, 2.24) is 0 Å². The molecule has 24 heavy (non-hydrogen) atoms. The first-order chi connectivity index (χ1) is 11.5. The van der Waals surface area contributed by atoms with Gasteiger partial charge in [0.2, 0.25) is 0 Å². The van der Waals surface area contributed by atoms with E-state index in [1.165, 1.54) is 0 Å². The van der Waals surface area contributed by atoms with Crippen molar-refractivity contribution in [3.05, 3.63) is 54.6 Å². The highest BCUT2D eigenvalue weighted by Gasteiger charge is 2.19. The average molecular weight is 327 g/mol. The molecule has 1 unspecified atom stereocenters. The van der Waals surface area contributed by atoms with Crippen LogP contribution in [0.3, 0.4) is 0 Å². The Bertz CT molecular complexity index is 680. The monoisotopic (exact) mass is 327 g/mol. The molecule has 0 aliphatic rings. The number of para-hydroxylation sites is 1. The maximum Gasteiger partial charge on any atom is 0.309 e. The van der Waals surface area contributed by atoms with Gasteiger partial charge in [-0.25, -0.2) is 0 Å². The van der Waals surface area contributed by atoms with Crippen LogP contribution in [0.25, 0.3) is 0 Å². The number of nitrogens with one attached hydrogen (secondary N) is 1. The van der Waals surface area contributed by atoms with Gasteiger partial charge in [-0.3, -0.25) is 9.59 Å². The Kier molecular flexibility index (Phi) is 5.95. The minimum Gasteiger partial charge on any atom is -0.457 e. The van der Waals surface area contributed by atoms with Gasteiger partial charge in [-0.05, 0) is 43.3 Å². The number of amides is 1. The molecule has 0 radical (unpaired) electrons. The summed E-state index contributed by atoms with van der Waals surface area (Å²) in [5.74, 6) is 0.363. The van der Waals surface area contributed by atoms with Crippen molar-refractivity contribution in [3.8, 4) is 11.5 Å². The standard InChI is InChI=1S/C19H21NO4/c1-13(2)19(22)23-14(3)18(21)20-15-9-11-17(12-10-15)24-16-7-5-4-6-8-16/h4-14H,1-3H3,(H,20,21). The van der Waals surface area contributed by atoms with Crippen LogP contribution in [-0.2, 0) is 14.3 Å². The zero-order valence-corrected chi connectivity index (χ0v) is 14.0. The number of anilines is 1. The molecule has 0 fully saturated rings. The summed E-state index contributed by atoms with van der Waals surface area (Å²) in [5.41, 5.74) is 0.604. The largest absolute Gasteiger partial charge is 0.457 e. The molecule has 2 rings (SSSR count). The van der Waals surface area contributed by atoms with Gasteiger partial charge in [0.1, 0.15) is 11.5 Å². The number of hydrogen-bond donors (Lipinski definition) is 1. The van der Waals surface area contributed by atoms with Crippen molar-refractivity contribution < 1.29 is 19.1 Å². The average Bonchev–Trinajstić information content (AvgIpc) is 2.57. The first-order valence-electron chi connectivity index (χ1n) is 7.80. The smallest absolute Gasteiger partial charge is 0.309 e. The van der Waals surface area contributed by atoms with Crippen molar-refractivity contribution in [1.29, 1.82) is 0 Å². The fourth-order valence-corrected chi connectivity index (χ4v) is 1.84. The van der Waals surface area contributed by atoms with Crippen molar-refractivity contribution in [2.45, 2.75) is 26.9 Å². The minimum absolute atomic E-state index is 0.269. The third-order valence-corrected chi connectivity index (χ3v) is 3.23. The van der Waals surface area contributed by atoms with Crippen molar-refractivity contribution in [3.63, 3.8) is 0 Å². The Labute approximate surface area is 141 Å². The topological polar surface area (TPSA) is 64.6 Å². The third-order valence-electron chi connectivity index (χ3n) is 3.23. The molecule has 2 aromatic rings. The fourth-order valence-electron chi connectivity index (χ4n) is 1.84. The number of carbonyl (C=O) groups excluding carboxylic acids is 2. The van der Waals surface area contributed by atoms with Crippen LogP contribution in [0, 0.1) is 5.92 Å². The molecule has 0 spiro atoms. The van der Waals surface area contributed by atoms with Crippen LogP contribution in [0.15, 0.2) is 54.6 Å². The quantitative estimate of drug-likeness (QED) is 0.814. The van der Waals surface area contributed by atoms with Crippen molar-refractivity contribution >= 4 is 17.6 Å². The van der Waals surface area contributed by atoms with E-state index in [1.54, 1.807) is 45.0 Å². The molecule has 2 aromatic carbocycles. The van der Waals surface area contributed by atoms with Gasteiger partial charge in [-0.15, -0.1) is 0 Å². The first kappa shape index (κ1) is 17.5. The Morgan fingerprint density at radius 1 is 0.875 bits per heavy atom. The molecule has 1 atom stereocenters. The van der Waals surface area contributed by atoms with Crippen LogP contribution < -0.4 is 10.1 Å². The Hall–Kier alpha value is -2.82. The molecule has 0 aromatic heterocycles. The van der Waals surface area contributed by atoms with E-state index < -0.39 is 12.1 Å². The molecular weight excluding hydrogens is 306 g/mol. The van der Waals surface area contributed by atoms with Crippen LogP contribution in [0.4, 0.5) is 5.69 Å². The molecule has 0 saturated carbocycles. The summed E-state index contributed by atoms with van der Waals surface area (Å²) < 4.78 is 10.8. The van der Waals surface area contributed by atoms with Gasteiger partial charge < -0.3 is 14.8 Å². The third kappa shape index (κ3) is 5.12. The van der Waals surface area contributed by atoms with Gasteiger partial charge in [0.05, 0.1) is 5.92 Å². The highest BCUT2D eigenvalue weighted by Crippen LogP contribution is 2.22. The summed E-state index contributed by atoms with van der Waals surface area (Å²) in [7, 11) is 0. The normalized spacial score (nSPS) is 11.7. The maximum absolute atomic E-state index is 12.0. The lowest BCUT2D eigenvalue weighted by Crippen LogP contribution is -2.31. The second-order valence-electron chi connectivity index (χ2n) is 5.66. The van der Waals surface area contributed by atoms with E-state index in [4.69, 9.17) is 9.47 Å². The van der Waals surface area contributed by atoms with Crippen molar-refractivity contribution in [2.24, 2.45) is 5.92 Å². The number of esters is 1. The zero-order valence-electron chi connectivity index (χ0n) is 14.0. The van der Waals surface area contributed by atoms with Gasteiger partial charge in [-0.1, -0.05) is 32.0 Å². The van der Waals surface area contributed by atoms with E-state index >= 15 is 0 Å². The van der Waals surface area contributed by atoms with E-state index in [-0.39, 0.29) is 11.8 Å². The summed E-state index contributed by atoms with van der Waals surface area (Å²) in [5, 5.41) is 2.71. The van der Waals surface area contributed by atoms with Crippen LogP contribution in [-0.4, -0.2) is 18.0 Å². The van der Waals surface area contributed by atoms with Crippen LogP contribution in [0.2, 0.25) is 0 Å². The number of rotatable bonds is 6. The van der Waals surface area contributed by atoms with Gasteiger partial charge in [0.25, 0.3) is 5.91 Å². The molecule has 1 amide bonds. The lowest BCUT2D eigenvalue weighted by atomic mass is 10.2. The second-order valence-corrected chi connectivity index (χ2v) is 5.66. The number of ether oxygens (including phenoxy) is 2. The maximum atomic E-state index is 12.0. The summed E-state index contributed by atoms with van der Waals surface area (Å²) in [6.07, 6.45) is -0.847. The van der Waals surface area contributed by atoms with Crippen molar-refractivity contribution in [2.75, 3.05) is 5.32 Å². The molecule has 0 aliphatic carbocycles. The fraction of sp³-hybridized carbons (Fsp3) is 0.263. The predicted octanol–water partition coefficient (Wildman–Crippen LogP) is 4.01. The second kappa shape index (κ2) is 8.15. The lowest BCUT2D eigenvalue weighted by molar-refractivity contribution is -0.156. The SMILES string of the molecule is CC(C)C(=O)OC(C)C(=O)Nc1ccc(Oc2ccccc2)cc1. The van der Waals surface area contributed by atoms with E-state index in [9.17, 15) is 9.59 Å². The number of carbonyl (C=O) groups is 2. The van der Waals surface area contributed by atoms with Gasteiger partial charge in [0, 0.05) is 5.69 Å². The van der Waals surface area contributed by atoms with Gasteiger partial charge >= 0.3 is 5.97 Å². The lowest BCUT2D eigenvalue weighted by Gasteiger charge is -2.15. The first-order valence-corrected chi connectivity index (χ1v) is 7.80. The predicted molar refractivity (Wildman–Crippen MR) is 92.0 cm³/mol. The molecular formula is C19H21NO4. The van der Waals surface area contributed by atoms with E-state index in [0.717, 1.165) is 5.75 Å². The molecule has 5 heteroatoms. The molecule has 5 nitrogen and oxygen atoms in total. The number of hydrogen-bond acceptors (Lipinski definition) is 4. The molecule has 0 bridgehead atoms. The van der Waals surface area contributed by atoms with Crippen LogP contribution in [0.5, 0.6) is 11.5 Å². The summed E-state index contributed by atoms with van der Waals surface area (Å²) >= 11 is 0. The molecule has 0 heterocycles. The molecule has 0 aliphatic heterocycles. The Morgan fingerprint density at radius 3 is 2.04 bits per heavy atom. The van der Waals surface area contributed by atoms with E-state index in [1.807, 2.05) is 30.3 Å². The summed E-state index contributed by atoms with van der Waals surface area (Å²) in [6, 6.07) is 16.4. The van der Waals surface area contributed by atoms with E-state index in [2.05, 4.69) is 5.32 Å². The number of benzene rings is 2. The zero-order chi connectivity index (χ0) is 17.5. The van der Waals surface area contributed by atoms with Crippen LogP contribution in [0.1, 0.15) is 20.8 Å². The minimum atomic E-state index is -0.847. The Balaban J connectivity index is 1.91. The summed E-state index contributed by atoms with van der Waals surface area (Å²) in [6.45, 7) is 4.99. The summed E-state index contributed by atoms with van der Waals surface area (Å²) in [4.78, 5) is 23.5. The highest BCUT2D eigenvalue weighted by atomic mass is 16.5. The van der Waals surface area contributed by atoms with Gasteiger partial charge in [-0.2, -0.15) is 0 Å². The molecule has 1 N–H and O–H groups in total. The molecule has 0 saturated heterocycles. The highest BCUT2D eigenvalue weighted by molar-refractivity contribution is 5.95. The Morgan fingerprint density at radius 2 is 1.46 bits per heavy atom. The van der Waals surface area contributed by atoms with E-state index in [0.29, 0.717) is 11.4 Å². The van der Waals surface area contributed by atoms with Gasteiger partial charge in [0.15, 0.2) is 6.10 Å².